The number of aromatic nitrogens is 3. The minimum Gasteiger partial charge on any atom is -0.350 e. The maximum absolute atomic E-state index is 11.8. The largest absolute Gasteiger partial charge is 0.350 e. The predicted molar refractivity (Wildman–Crippen MR) is 72.6 cm³/mol. The summed E-state index contributed by atoms with van der Waals surface area (Å²) in [6.45, 7) is 2.47. The lowest BCUT2D eigenvalue weighted by Crippen LogP contribution is -2.27. The molecule has 1 amide bonds. The fourth-order valence-electron chi connectivity index (χ4n) is 1.71. The van der Waals surface area contributed by atoms with Crippen molar-refractivity contribution >= 4 is 17.5 Å². The third-order valence-corrected chi connectivity index (χ3v) is 3.03. The van der Waals surface area contributed by atoms with Crippen LogP contribution in [0.5, 0.6) is 0 Å². The Morgan fingerprint density at radius 2 is 2.16 bits per heavy atom. The van der Waals surface area contributed by atoms with E-state index in [1.165, 1.54) is 6.33 Å². The van der Waals surface area contributed by atoms with E-state index >= 15 is 0 Å². The molecule has 100 valence electrons. The van der Waals surface area contributed by atoms with Gasteiger partial charge in [0.1, 0.15) is 12.7 Å². The average molecular weight is 279 g/mol. The van der Waals surface area contributed by atoms with Crippen molar-refractivity contribution < 1.29 is 4.79 Å². The van der Waals surface area contributed by atoms with Gasteiger partial charge in [0.2, 0.25) is 5.91 Å². The highest BCUT2D eigenvalue weighted by Crippen LogP contribution is 2.16. The van der Waals surface area contributed by atoms with Crippen LogP contribution in [0.25, 0.3) is 0 Å². The van der Waals surface area contributed by atoms with Crippen LogP contribution in [0.3, 0.4) is 0 Å². The molecule has 0 saturated carbocycles. The lowest BCUT2D eigenvalue weighted by molar-refractivity contribution is -0.122. The van der Waals surface area contributed by atoms with Crippen molar-refractivity contribution in [3.63, 3.8) is 0 Å². The molecule has 6 heteroatoms. The zero-order chi connectivity index (χ0) is 13.7. The molecule has 0 fully saturated rings. The van der Waals surface area contributed by atoms with Gasteiger partial charge in [-0.1, -0.05) is 23.7 Å². The number of halogens is 1. The van der Waals surface area contributed by atoms with Crippen LogP contribution >= 0.6 is 11.6 Å². The van der Waals surface area contributed by atoms with Gasteiger partial charge in [-0.25, -0.2) is 4.98 Å². The van der Waals surface area contributed by atoms with E-state index in [4.69, 9.17) is 11.6 Å². The van der Waals surface area contributed by atoms with Gasteiger partial charge in [-0.15, -0.1) is 0 Å². The van der Waals surface area contributed by atoms with Crippen molar-refractivity contribution in [3.05, 3.63) is 47.5 Å². The monoisotopic (exact) mass is 278 g/mol. The van der Waals surface area contributed by atoms with Gasteiger partial charge in [-0.05, 0) is 24.6 Å². The topological polar surface area (TPSA) is 59.8 Å². The quantitative estimate of drug-likeness (QED) is 0.912. The third-order valence-electron chi connectivity index (χ3n) is 2.78. The van der Waals surface area contributed by atoms with Gasteiger partial charge in [0.05, 0.1) is 12.6 Å². The second-order valence-corrected chi connectivity index (χ2v) is 4.69. The van der Waals surface area contributed by atoms with Crippen molar-refractivity contribution in [2.75, 3.05) is 0 Å². The molecule has 0 saturated heterocycles. The average Bonchev–Trinajstić information content (AvgIpc) is 2.90. The summed E-state index contributed by atoms with van der Waals surface area (Å²) >= 11 is 5.83. The Labute approximate surface area is 116 Å². The second-order valence-electron chi connectivity index (χ2n) is 4.25. The molecule has 0 radical (unpaired) electrons. The number of hydrogen-bond acceptors (Lipinski definition) is 3. The SMILES string of the molecule is CC(NC(=O)CCn1cncn1)c1ccc(Cl)cc1. The normalized spacial score (nSPS) is 12.1. The van der Waals surface area contributed by atoms with Gasteiger partial charge in [-0.2, -0.15) is 5.10 Å². The molecule has 1 N–H and O–H groups in total. The van der Waals surface area contributed by atoms with E-state index in [0.717, 1.165) is 5.56 Å². The first-order valence-corrected chi connectivity index (χ1v) is 6.40. The van der Waals surface area contributed by atoms with Gasteiger partial charge in [0.15, 0.2) is 0 Å². The van der Waals surface area contributed by atoms with E-state index < -0.39 is 0 Å². The van der Waals surface area contributed by atoms with Crippen LogP contribution in [0, 0.1) is 0 Å². The predicted octanol–water partition coefficient (Wildman–Crippen LogP) is 2.20. The first-order valence-electron chi connectivity index (χ1n) is 6.02. The molecule has 2 rings (SSSR count). The van der Waals surface area contributed by atoms with Crippen molar-refractivity contribution in [1.29, 1.82) is 0 Å². The number of nitrogens with zero attached hydrogens (tertiary/aromatic N) is 3. The fraction of sp³-hybridized carbons (Fsp3) is 0.308. The van der Waals surface area contributed by atoms with Crippen LogP contribution < -0.4 is 5.32 Å². The summed E-state index contributed by atoms with van der Waals surface area (Å²) in [6.07, 6.45) is 3.42. The van der Waals surface area contributed by atoms with Crippen LogP contribution in [-0.4, -0.2) is 20.7 Å². The fourth-order valence-corrected chi connectivity index (χ4v) is 1.84. The van der Waals surface area contributed by atoms with Gasteiger partial charge in [0.25, 0.3) is 0 Å². The van der Waals surface area contributed by atoms with Gasteiger partial charge in [0, 0.05) is 11.4 Å². The number of nitrogens with one attached hydrogen (secondary N) is 1. The first kappa shape index (κ1) is 13.5. The molecule has 0 bridgehead atoms. The number of carbonyl (C=O) groups excluding carboxylic acids is 1. The number of rotatable bonds is 5. The molecule has 0 spiro atoms. The molecule has 1 heterocycles. The molecule has 2 aromatic rings. The Morgan fingerprint density at radius 3 is 2.79 bits per heavy atom. The Bertz CT molecular complexity index is 524. The highest BCUT2D eigenvalue weighted by molar-refractivity contribution is 6.30. The smallest absolute Gasteiger partial charge is 0.222 e. The van der Waals surface area contributed by atoms with Gasteiger partial charge in [-0.3, -0.25) is 9.48 Å². The number of benzene rings is 1. The van der Waals surface area contributed by atoms with E-state index in [0.29, 0.717) is 18.0 Å². The van der Waals surface area contributed by atoms with Crippen molar-refractivity contribution in [2.45, 2.75) is 25.9 Å². The molecular formula is C13H15ClN4O. The van der Waals surface area contributed by atoms with Crippen LogP contribution in [0.4, 0.5) is 0 Å². The van der Waals surface area contributed by atoms with Crippen molar-refractivity contribution in [3.8, 4) is 0 Å². The standard InChI is InChI=1S/C13H15ClN4O/c1-10(11-2-4-12(14)5-3-11)17-13(19)6-7-18-9-15-8-16-18/h2-5,8-10H,6-7H2,1H3,(H,17,19). The molecule has 1 unspecified atom stereocenters. The Morgan fingerprint density at radius 1 is 1.42 bits per heavy atom. The van der Waals surface area contributed by atoms with Crippen molar-refractivity contribution in [2.24, 2.45) is 0 Å². The second kappa shape index (κ2) is 6.33. The minimum atomic E-state index is -0.0412. The van der Waals surface area contributed by atoms with E-state index in [-0.39, 0.29) is 11.9 Å². The van der Waals surface area contributed by atoms with E-state index in [1.807, 2.05) is 31.2 Å². The molecule has 19 heavy (non-hydrogen) atoms. The Hall–Kier alpha value is -1.88. The lowest BCUT2D eigenvalue weighted by atomic mass is 10.1. The molecule has 5 nitrogen and oxygen atoms in total. The van der Waals surface area contributed by atoms with Crippen molar-refractivity contribution in [1.82, 2.24) is 20.1 Å². The van der Waals surface area contributed by atoms with E-state index in [2.05, 4.69) is 15.4 Å². The summed E-state index contributed by atoms with van der Waals surface area (Å²) < 4.78 is 1.63. The molecule has 1 atom stereocenters. The minimum absolute atomic E-state index is 0.0158. The Kier molecular flexibility index (Phi) is 4.52. The number of aryl methyl sites for hydroxylation is 1. The van der Waals surface area contributed by atoms with Crippen LogP contribution in [0.15, 0.2) is 36.9 Å². The molecule has 1 aromatic heterocycles. The van der Waals surface area contributed by atoms with Crippen LogP contribution in [0.1, 0.15) is 24.9 Å². The van der Waals surface area contributed by atoms with Gasteiger partial charge >= 0.3 is 0 Å². The number of carbonyl (C=O) groups is 1. The molecule has 0 aliphatic heterocycles. The van der Waals surface area contributed by atoms with Crippen LogP contribution in [0.2, 0.25) is 5.02 Å². The zero-order valence-corrected chi connectivity index (χ0v) is 11.3. The summed E-state index contributed by atoms with van der Waals surface area (Å²) in [5, 5.41) is 7.57. The maximum atomic E-state index is 11.8. The third kappa shape index (κ3) is 4.06. The summed E-state index contributed by atoms with van der Waals surface area (Å²) in [4.78, 5) is 15.6. The molecular weight excluding hydrogens is 264 g/mol. The molecule has 0 aliphatic carbocycles. The maximum Gasteiger partial charge on any atom is 0.222 e. The van der Waals surface area contributed by atoms with E-state index in [9.17, 15) is 4.79 Å². The van der Waals surface area contributed by atoms with E-state index in [1.54, 1.807) is 11.0 Å². The van der Waals surface area contributed by atoms with Crippen LogP contribution in [-0.2, 0) is 11.3 Å². The summed E-state index contributed by atoms with van der Waals surface area (Å²) in [5.74, 6) is -0.0158. The highest BCUT2D eigenvalue weighted by Gasteiger charge is 2.09. The Balaban J connectivity index is 1.83. The summed E-state index contributed by atoms with van der Waals surface area (Å²) in [7, 11) is 0. The lowest BCUT2D eigenvalue weighted by Gasteiger charge is -2.14. The summed E-state index contributed by atoms with van der Waals surface area (Å²) in [5.41, 5.74) is 1.03. The van der Waals surface area contributed by atoms with Gasteiger partial charge < -0.3 is 5.32 Å². The number of hydrogen-bond donors (Lipinski definition) is 1. The summed E-state index contributed by atoms with van der Waals surface area (Å²) in [6, 6.07) is 7.40. The first-order chi connectivity index (χ1) is 9.15. The molecule has 1 aromatic carbocycles. The highest BCUT2D eigenvalue weighted by atomic mass is 35.5. The zero-order valence-electron chi connectivity index (χ0n) is 10.6. The molecule has 0 aliphatic rings. The number of amides is 1.